The Labute approximate surface area is 147 Å². The van der Waals surface area contributed by atoms with Crippen LogP contribution in [0, 0.1) is 0 Å². The Morgan fingerprint density at radius 3 is 2.48 bits per heavy atom. The van der Waals surface area contributed by atoms with Gasteiger partial charge < -0.3 is 15.3 Å². The highest BCUT2D eigenvalue weighted by Crippen LogP contribution is 2.20. The van der Waals surface area contributed by atoms with Crippen LogP contribution in [0.1, 0.15) is 5.56 Å². The van der Waals surface area contributed by atoms with Gasteiger partial charge in [-0.05, 0) is 23.8 Å². The third-order valence-electron chi connectivity index (χ3n) is 3.16. The van der Waals surface area contributed by atoms with Crippen LogP contribution in [0.3, 0.4) is 0 Å². The van der Waals surface area contributed by atoms with E-state index in [0.717, 1.165) is 0 Å². The second kappa shape index (κ2) is 7.90. The van der Waals surface area contributed by atoms with Crippen molar-refractivity contribution in [1.29, 1.82) is 0 Å². The van der Waals surface area contributed by atoms with Gasteiger partial charge in [0.15, 0.2) is 0 Å². The number of amides is 2. The summed E-state index contributed by atoms with van der Waals surface area (Å²) in [4.78, 5) is 36.2. The summed E-state index contributed by atoms with van der Waals surface area (Å²) >= 11 is 13.2. The molecule has 1 saturated heterocycles. The molecule has 0 aliphatic carbocycles. The maximum atomic E-state index is 12.0. The minimum atomic E-state index is -1.17. The molecular weight excluding hydrogens is 363 g/mol. The van der Waals surface area contributed by atoms with Crippen molar-refractivity contribution in [3.05, 3.63) is 33.8 Å². The Morgan fingerprint density at radius 1 is 1.30 bits per heavy atom. The van der Waals surface area contributed by atoms with Crippen LogP contribution in [0.2, 0.25) is 10.0 Å². The maximum Gasteiger partial charge on any atom is 0.326 e. The normalized spacial score (nSPS) is 15.6. The smallest absolute Gasteiger partial charge is 0.326 e. The predicted octanol–water partition coefficient (Wildman–Crippen LogP) is 1.64. The first-order chi connectivity index (χ1) is 10.8. The lowest BCUT2D eigenvalue weighted by Gasteiger charge is -2.18. The Morgan fingerprint density at radius 2 is 1.96 bits per heavy atom. The minimum absolute atomic E-state index is 0.0457. The molecule has 124 valence electrons. The van der Waals surface area contributed by atoms with Crippen LogP contribution < -0.4 is 5.32 Å². The van der Waals surface area contributed by atoms with Crippen LogP contribution in [0.4, 0.5) is 0 Å². The van der Waals surface area contributed by atoms with E-state index >= 15 is 0 Å². The van der Waals surface area contributed by atoms with Crippen LogP contribution in [0.5, 0.6) is 0 Å². The third kappa shape index (κ3) is 5.30. The number of carbonyl (C=O) groups is 3. The number of carbonyl (C=O) groups excluding carboxylic acids is 2. The maximum absolute atomic E-state index is 12.0. The fourth-order valence-electron chi connectivity index (χ4n) is 2.12. The summed E-state index contributed by atoms with van der Waals surface area (Å²) in [6, 6.07) is 3.60. The van der Waals surface area contributed by atoms with Crippen molar-refractivity contribution < 1.29 is 19.5 Å². The third-order valence-corrected chi connectivity index (χ3v) is 4.54. The SMILES string of the molecule is O=C(CN1CSCC1=O)NC(Cc1cc(Cl)cc(Cl)c1)C(=O)O. The molecule has 2 rings (SSSR count). The summed E-state index contributed by atoms with van der Waals surface area (Å²) in [6.45, 7) is -0.147. The van der Waals surface area contributed by atoms with Crippen LogP contribution in [0.15, 0.2) is 18.2 Å². The first kappa shape index (κ1) is 17.9. The van der Waals surface area contributed by atoms with E-state index in [9.17, 15) is 19.5 Å². The molecule has 1 heterocycles. The second-order valence-corrected chi connectivity index (χ2v) is 6.84. The van der Waals surface area contributed by atoms with Crippen molar-refractivity contribution in [3.8, 4) is 0 Å². The highest BCUT2D eigenvalue weighted by atomic mass is 35.5. The lowest BCUT2D eigenvalue weighted by molar-refractivity contribution is -0.142. The Hall–Kier alpha value is -1.44. The number of aliphatic carboxylic acids is 1. The molecule has 1 unspecified atom stereocenters. The van der Waals surface area contributed by atoms with Crippen LogP contribution in [0.25, 0.3) is 0 Å². The van der Waals surface area contributed by atoms with Crippen molar-refractivity contribution >= 4 is 52.7 Å². The molecule has 1 aromatic rings. The second-order valence-electron chi connectivity index (χ2n) is 5.01. The van der Waals surface area contributed by atoms with Crippen molar-refractivity contribution in [2.24, 2.45) is 0 Å². The average molecular weight is 377 g/mol. The number of hydrogen-bond donors (Lipinski definition) is 2. The van der Waals surface area contributed by atoms with Gasteiger partial charge in [0.1, 0.15) is 12.6 Å². The zero-order valence-electron chi connectivity index (χ0n) is 11.9. The van der Waals surface area contributed by atoms with Gasteiger partial charge in [-0.2, -0.15) is 0 Å². The Bertz CT molecular complexity index is 621. The minimum Gasteiger partial charge on any atom is -0.480 e. The van der Waals surface area contributed by atoms with Gasteiger partial charge in [0.25, 0.3) is 0 Å². The average Bonchev–Trinajstić information content (AvgIpc) is 2.82. The standard InChI is InChI=1S/C14H14Cl2N2O4S/c15-9-1-8(2-10(16)4-9)3-11(14(21)22)17-12(19)5-18-7-23-6-13(18)20/h1-2,4,11H,3,5-7H2,(H,17,19)(H,21,22). The van der Waals surface area contributed by atoms with Crippen molar-refractivity contribution in [2.75, 3.05) is 18.2 Å². The fraction of sp³-hybridized carbons (Fsp3) is 0.357. The number of halogens is 2. The number of benzene rings is 1. The van der Waals surface area contributed by atoms with E-state index in [1.807, 2.05) is 0 Å². The van der Waals surface area contributed by atoms with Gasteiger partial charge >= 0.3 is 5.97 Å². The molecule has 0 saturated carbocycles. The number of carboxylic acids is 1. The first-order valence-corrected chi connectivity index (χ1v) is 8.59. The van der Waals surface area contributed by atoms with Crippen molar-refractivity contribution in [2.45, 2.75) is 12.5 Å². The molecule has 0 spiro atoms. The monoisotopic (exact) mass is 376 g/mol. The number of nitrogens with one attached hydrogen (secondary N) is 1. The van der Waals surface area contributed by atoms with Gasteiger partial charge in [0, 0.05) is 16.5 Å². The molecule has 1 aliphatic heterocycles. The fourth-order valence-corrected chi connectivity index (χ4v) is 3.59. The Kier molecular flexibility index (Phi) is 6.15. The molecule has 1 atom stereocenters. The molecule has 1 fully saturated rings. The van der Waals surface area contributed by atoms with Gasteiger partial charge in [-0.25, -0.2) is 4.79 Å². The van der Waals surface area contributed by atoms with E-state index in [1.165, 1.54) is 22.7 Å². The van der Waals surface area contributed by atoms with E-state index in [0.29, 0.717) is 27.2 Å². The van der Waals surface area contributed by atoms with Crippen LogP contribution in [-0.4, -0.2) is 52.0 Å². The van der Waals surface area contributed by atoms with E-state index in [2.05, 4.69) is 5.32 Å². The number of rotatable bonds is 6. The van der Waals surface area contributed by atoms with Gasteiger partial charge in [0.05, 0.1) is 11.6 Å². The summed E-state index contributed by atoms with van der Waals surface area (Å²) in [5, 5.41) is 12.5. The van der Waals surface area contributed by atoms with Gasteiger partial charge in [-0.3, -0.25) is 9.59 Å². The summed E-state index contributed by atoms with van der Waals surface area (Å²) in [7, 11) is 0. The predicted molar refractivity (Wildman–Crippen MR) is 88.8 cm³/mol. The molecule has 1 aromatic carbocycles. The highest BCUT2D eigenvalue weighted by molar-refractivity contribution is 8.00. The summed E-state index contributed by atoms with van der Waals surface area (Å²) in [5.41, 5.74) is 0.600. The number of thioether (sulfide) groups is 1. The number of carboxylic acid groups (broad SMARTS) is 1. The number of nitrogens with zero attached hydrogens (tertiary/aromatic N) is 1. The zero-order valence-corrected chi connectivity index (χ0v) is 14.2. The molecule has 0 radical (unpaired) electrons. The molecule has 23 heavy (non-hydrogen) atoms. The lowest BCUT2D eigenvalue weighted by atomic mass is 10.1. The molecule has 0 bridgehead atoms. The Balaban J connectivity index is 1.99. The quantitative estimate of drug-likeness (QED) is 0.787. The van der Waals surface area contributed by atoms with Crippen molar-refractivity contribution in [3.63, 3.8) is 0 Å². The van der Waals surface area contributed by atoms with Gasteiger partial charge in [0.2, 0.25) is 11.8 Å². The van der Waals surface area contributed by atoms with E-state index < -0.39 is 17.9 Å². The highest BCUT2D eigenvalue weighted by Gasteiger charge is 2.26. The van der Waals surface area contributed by atoms with Gasteiger partial charge in [-0.15, -0.1) is 11.8 Å². The van der Waals surface area contributed by atoms with Crippen LogP contribution in [-0.2, 0) is 20.8 Å². The van der Waals surface area contributed by atoms with Crippen molar-refractivity contribution in [1.82, 2.24) is 10.2 Å². The topological polar surface area (TPSA) is 86.7 Å². The van der Waals surface area contributed by atoms with E-state index in [-0.39, 0.29) is 18.9 Å². The molecular formula is C14H14Cl2N2O4S. The molecule has 1 aliphatic rings. The van der Waals surface area contributed by atoms with E-state index in [4.69, 9.17) is 23.2 Å². The zero-order chi connectivity index (χ0) is 17.0. The van der Waals surface area contributed by atoms with E-state index in [1.54, 1.807) is 12.1 Å². The molecule has 2 N–H and O–H groups in total. The van der Waals surface area contributed by atoms with Gasteiger partial charge in [-0.1, -0.05) is 23.2 Å². The number of hydrogen-bond acceptors (Lipinski definition) is 4. The summed E-state index contributed by atoms with van der Waals surface area (Å²) in [5.74, 6) is -1.03. The summed E-state index contributed by atoms with van der Waals surface area (Å²) in [6.07, 6.45) is 0.0457. The first-order valence-electron chi connectivity index (χ1n) is 6.68. The molecule has 6 nitrogen and oxygen atoms in total. The molecule has 9 heteroatoms. The lowest BCUT2D eigenvalue weighted by Crippen LogP contribution is -2.47. The molecule has 0 aromatic heterocycles. The molecule has 2 amide bonds. The van der Waals surface area contributed by atoms with Crippen LogP contribution >= 0.6 is 35.0 Å². The summed E-state index contributed by atoms with van der Waals surface area (Å²) < 4.78 is 0. The largest absolute Gasteiger partial charge is 0.480 e.